The second kappa shape index (κ2) is 19.5. The molecule has 0 atom stereocenters. The summed E-state index contributed by atoms with van der Waals surface area (Å²) in [5.74, 6) is 0.986. The Balaban J connectivity index is 1.61. The van der Waals surface area contributed by atoms with Crippen molar-refractivity contribution in [1.82, 2.24) is 0 Å². The van der Waals surface area contributed by atoms with E-state index in [2.05, 4.69) is 22.1 Å². The zero-order chi connectivity index (χ0) is 25.7. The van der Waals surface area contributed by atoms with Crippen molar-refractivity contribution in [1.29, 1.82) is 0 Å². The minimum absolute atomic E-state index is 0.0980. The molecular formula is C30H45N3O3. The zero-order valence-electron chi connectivity index (χ0n) is 22.1. The molecule has 2 rings (SSSR count). The smallest absolute Gasteiger partial charge is 0.124 e. The molecule has 0 spiro atoms. The Morgan fingerprint density at radius 2 is 1.31 bits per heavy atom. The minimum Gasteiger partial charge on any atom is -0.507 e. The van der Waals surface area contributed by atoms with Crippen LogP contribution in [0.5, 0.6) is 11.5 Å². The zero-order valence-corrected chi connectivity index (χ0v) is 22.1. The number of phenolic OH excluding ortho intramolecular Hbond substituents is 1. The van der Waals surface area contributed by atoms with Crippen molar-refractivity contribution in [2.45, 2.75) is 90.4 Å². The number of rotatable bonds is 20. The molecule has 0 heterocycles. The summed E-state index contributed by atoms with van der Waals surface area (Å²) in [4.78, 5) is 4.20. The molecular weight excluding hydrogens is 450 g/mol. The lowest BCUT2D eigenvalue weighted by Crippen LogP contribution is -1.96. The molecule has 0 aliphatic heterocycles. The molecule has 2 aromatic rings. The van der Waals surface area contributed by atoms with E-state index >= 15 is 0 Å². The number of phenols is 1. The van der Waals surface area contributed by atoms with E-state index in [0.717, 1.165) is 24.5 Å². The first-order valence-corrected chi connectivity index (χ1v) is 13.8. The first-order valence-electron chi connectivity index (χ1n) is 13.8. The normalized spacial score (nSPS) is 11.6. The maximum absolute atomic E-state index is 9.97. The van der Waals surface area contributed by atoms with E-state index in [9.17, 15) is 5.11 Å². The van der Waals surface area contributed by atoms with Gasteiger partial charge in [-0.15, -0.1) is 0 Å². The molecule has 0 radical (unpaired) electrons. The van der Waals surface area contributed by atoms with Crippen molar-refractivity contribution in [2.75, 3.05) is 19.8 Å². The molecule has 0 unspecified atom stereocenters. The van der Waals surface area contributed by atoms with Crippen LogP contribution >= 0.6 is 0 Å². The number of aliphatic hydroxyl groups is 1. The van der Waals surface area contributed by atoms with Gasteiger partial charge in [-0.2, -0.15) is 10.2 Å². The van der Waals surface area contributed by atoms with Gasteiger partial charge in [-0.3, -0.25) is 4.99 Å². The van der Waals surface area contributed by atoms with Gasteiger partial charge < -0.3 is 14.9 Å². The number of aromatic hydroxyl groups is 1. The quantitative estimate of drug-likeness (QED) is 0.109. The van der Waals surface area contributed by atoms with E-state index in [4.69, 9.17) is 9.84 Å². The van der Waals surface area contributed by atoms with E-state index < -0.39 is 0 Å². The van der Waals surface area contributed by atoms with Gasteiger partial charge in [0.2, 0.25) is 0 Å². The largest absolute Gasteiger partial charge is 0.507 e. The van der Waals surface area contributed by atoms with Crippen LogP contribution in [0.15, 0.2) is 57.7 Å². The second-order valence-corrected chi connectivity index (χ2v) is 9.29. The fourth-order valence-electron chi connectivity index (χ4n) is 3.89. The number of aliphatic hydroxyl groups excluding tert-OH is 1. The van der Waals surface area contributed by atoms with Crippen LogP contribution in [0.25, 0.3) is 0 Å². The average Bonchev–Trinajstić information content (AvgIpc) is 2.90. The molecule has 2 aromatic carbocycles. The third-order valence-corrected chi connectivity index (χ3v) is 6.07. The van der Waals surface area contributed by atoms with Crippen LogP contribution in [-0.2, 0) is 0 Å². The molecule has 198 valence electrons. The summed E-state index contributed by atoms with van der Waals surface area (Å²) in [6.45, 7) is 3.62. The molecule has 0 fully saturated rings. The molecule has 0 saturated heterocycles. The minimum atomic E-state index is 0.0980. The topological polar surface area (TPSA) is 86.8 Å². The van der Waals surface area contributed by atoms with Crippen LogP contribution in [-0.4, -0.2) is 36.2 Å². The molecule has 2 N–H and O–H groups in total. The van der Waals surface area contributed by atoms with Crippen LogP contribution in [0.2, 0.25) is 0 Å². The number of nitrogens with zero attached hydrogens (tertiary/aromatic N) is 3. The van der Waals surface area contributed by atoms with E-state index in [-0.39, 0.29) is 12.4 Å². The first kappa shape index (κ1) is 29.5. The first-order chi connectivity index (χ1) is 17.7. The third kappa shape index (κ3) is 13.4. The molecule has 0 aromatic heterocycles. The Bertz CT molecular complexity index is 882. The Morgan fingerprint density at radius 1 is 0.722 bits per heavy atom. The molecule has 0 bridgehead atoms. The summed E-state index contributed by atoms with van der Waals surface area (Å²) in [6, 6.07) is 12.6. The summed E-state index contributed by atoms with van der Waals surface area (Å²) < 4.78 is 5.87. The van der Waals surface area contributed by atoms with Crippen LogP contribution in [0.3, 0.4) is 0 Å². The van der Waals surface area contributed by atoms with Gasteiger partial charge in [0.05, 0.1) is 18.0 Å². The molecule has 36 heavy (non-hydrogen) atoms. The molecule has 0 saturated carbocycles. The average molecular weight is 496 g/mol. The van der Waals surface area contributed by atoms with Gasteiger partial charge >= 0.3 is 0 Å². The summed E-state index contributed by atoms with van der Waals surface area (Å²) in [6.07, 6.45) is 18.3. The van der Waals surface area contributed by atoms with Gasteiger partial charge in [-0.1, -0.05) is 77.6 Å². The SMILES string of the molecule is CCCCCCCCCCCCCCOc1ccc(N=Nc2ccc(O)c(C=NCCCO)c2)cc1. The highest BCUT2D eigenvalue weighted by molar-refractivity contribution is 5.84. The molecule has 6 heteroatoms. The lowest BCUT2D eigenvalue weighted by Gasteiger charge is -2.06. The number of ether oxygens (including phenoxy) is 1. The Labute approximate surface area is 217 Å². The van der Waals surface area contributed by atoms with Gasteiger partial charge in [0.15, 0.2) is 0 Å². The summed E-state index contributed by atoms with van der Waals surface area (Å²) in [5.41, 5.74) is 1.94. The Kier molecular flexibility index (Phi) is 15.9. The number of hydrogen-bond acceptors (Lipinski definition) is 6. The fraction of sp³-hybridized carbons (Fsp3) is 0.567. The van der Waals surface area contributed by atoms with E-state index in [1.165, 1.54) is 70.6 Å². The van der Waals surface area contributed by atoms with Gasteiger partial charge in [-0.25, -0.2) is 0 Å². The number of unbranched alkanes of at least 4 members (excludes halogenated alkanes) is 11. The summed E-state index contributed by atoms with van der Waals surface area (Å²) in [5, 5.41) is 27.3. The van der Waals surface area contributed by atoms with Gasteiger partial charge in [0, 0.05) is 24.9 Å². The van der Waals surface area contributed by atoms with E-state index in [1.54, 1.807) is 24.4 Å². The lowest BCUT2D eigenvalue weighted by atomic mass is 10.1. The van der Waals surface area contributed by atoms with Crippen molar-refractivity contribution in [3.63, 3.8) is 0 Å². The number of aliphatic imine (C=N–C) groups is 1. The van der Waals surface area contributed by atoms with Gasteiger partial charge in [-0.05, 0) is 55.3 Å². The molecule has 6 nitrogen and oxygen atoms in total. The van der Waals surface area contributed by atoms with Crippen LogP contribution in [0.1, 0.15) is 96.0 Å². The van der Waals surface area contributed by atoms with Crippen LogP contribution < -0.4 is 4.74 Å². The summed E-state index contributed by atoms with van der Waals surface area (Å²) in [7, 11) is 0. The Morgan fingerprint density at radius 3 is 1.94 bits per heavy atom. The molecule has 0 aliphatic carbocycles. The highest BCUT2D eigenvalue weighted by Gasteiger charge is 2.01. The van der Waals surface area contributed by atoms with Crippen molar-refractivity contribution in [3.05, 3.63) is 48.0 Å². The van der Waals surface area contributed by atoms with Gasteiger partial charge in [0.25, 0.3) is 0 Å². The van der Waals surface area contributed by atoms with Crippen LogP contribution in [0, 0.1) is 0 Å². The number of azo groups is 1. The van der Waals surface area contributed by atoms with Crippen molar-refractivity contribution in [3.8, 4) is 11.5 Å². The van der Waals surface area contributed by atoms with Crippen molar-refractivity contribution in [2.24, 2.45) is 15.2 Å². The van der Waals surface area contributed by atoms with Crippen molar-refractivity contribution < 1.29 is 14.9 Å². The fourth-order valence-corrected chi connectivity index (χ4v) is 3.89. The predicted molar refractivity (Wildman–Crippen MR) is 149 cm³/mol. The highest BCUT2D eigenvalue weighted by Crippen LogP contribution is 2.25. The van der Waals surface area contributed by atoms with Gasteiger partial charge in [0.1, 0.15) is 11.5 Å². The maximum atomic E-state index is 9.97. The lowest BCUT2D eigenvalue weighted by molar-refractivity contribution is 0.291. The third-order valence-electron chi connectivity index (χ3n) is 6.07. The standard InChI is InChI=1S/C30H45N3O3/c1-2-3-4-5-6-7-8-9-10-11-12-13-23-36-29-18-15-27(16-19-29)32-33-28-17-20-30(35)26(24-28)25-31-21-14-22-34/h15-20,24-25,34-35H,2-14,21-23H2,1H3. The highest BCUT2D eigenvalue weighted by atomic mass is 16.5. The van der Waals surface area contributed by atoms with E-state index in [1.807, 2.05) is 24.3 Å². The summed E-state index contributed by atoms with van der Waals surface area (Å²) >= 11 is 0. The number of hydrogen-bond donors (Lipinski definition) is 2. The number of benzene rings is 2. The monoisotopic (exact) mass is 495 g/mol. The molecule has 0 aliphatic rings. The van der Waals surface area contributed by atoms with Crippen molar-refractivity contribution >= 4 is 17.6 Å². The Hall–Kier alpha value is -2.73. The molecule has 0 amide bonds. The second-order valence-electron chi connectivity index (χ2n) is 9.29. The van der Waals surface area contributed by atoms with Crippen LogP contribution in [0.4, 0.5) is 11.4 Å². The van der Waals surface area contributed by atoms with E-state index in [0.29, 0.717) is 24.2 Å². The predicted octanol–water partition coefficient (Wildman–Crippen LogP) is 8.69. The maximum Gasteiger partial charge on any atom is 0.124 e.